The molecule has 1 aromatic heterocycles. The third-order valence-corrected chi connectivity index (χ3v) is 3.35. The van der Waals surface area contributed by atoms with Crippen molar-refractivity contribution in [1.82, 2.24) is 9.97 Å². The predicted octanol–water partition coefficient (Wildman–Crippen LogP) is 0.375. The van der Waals surface area contributed by atoms with E-state index in [2.05, 4.69) is 9.97 Å². The minimum absolute atomic E-state index is 0.243. The second kappa shape index (κ2) is 6.03. The average Bonchev–Trinajstić information content (AvgIpc) is 2.30. The maximum absolute atomic E-state index is 9.26. The lowest BCUT2D eigenvalue weighted by Crippen LogP contribution is -2.15. The van der Waals surface area contributed by atoms with E-state index in [1.165, 1.54) is 11.8 Å². The second-order valence-electron chi connectivity index (χ2n) is 3.46. The lowest BCUT2D eigenvalue weighted by atomic mass is 10.3. The van der Waals surface area contributed by atoms with Crippen LogP contribution < -0.4 is 5.73 Å². The number of aryl methyl sites for hydroxylation is 1. The molecule has 1 atom stereocenters. The summed E-state index contributed by atoms with van der Waals surface area (Å²) in [7, 11) is 0. The Balaban J connectivity index is 2.82. The highest BCUT2D eigenvalue weighted by molar-refractivity contribution is 7.99. The van der Waals surface area contributed by atoms with E-state index in [1.807, 2.05) is 13.8 Å². The van der Waals surface area contributed by atoms with Crippen molar-refractivity contribution in [3.63, 3.8) is 0 Å². The maximum atomic E-state index is 9.26. The summed E-state index contributed by atoms with van der Waals surface area (Å²) in [5, 5.41) is 18.8. The topological polar surface area (TPSA) is 92.3 Å². The van der Waals surface area contributed by atoms with E-state index in [0.717, 1.165) is 17.0 Å². The van der Waals surface area contributed by atoms with E-state index in [9.17, 15) is 5.11 Å². The highest BCUT2D eigenvalue weighted by atomic mass is 32.2. The van der Waals surface area contributed by atoms with Gasteiger partial charge in [-0.15, -0.1) is 11.8 Å². The number of nitrogens with two attached hydrogens (primary N) is 1. The van der Waals surface area contributed by atoms with Gasteiger partial charge in [0.15, 0.2) is 0 Å². The minimum Gasteiger partial charge on any atom is -0.394 e. The van der Waals surface area contributed by atoms with Gasteiger partial charge in [-0.3, -0.25) is 0 Å². The number of hydrogen-bond acceptors (Lipinski definition) is 6. The summed E-state index contributed by atoms with van der Waals surface area (Å²) in [5.41, 5.74) is 6.59. The Morgan fingerprint density at radius 3 is 2.69 bits per heavy atom. The molecule has 0 amide bonds. The molecule has 1 heterocycles. The molecular formula is C10H17N3O2S. The number of thioether (sulfide) groups is 1. The molecule has 0 saturated heterocycles. The van der Waals surface area contributed by atoms with Gasteiger partial charge < -0.3 is 15.9 Å². The third-order valence-electron chi connectivity index (χ3n) is 2.12. The van der Waals surface area contributed by atoms with Gasteiger partial charge in [-0.05, 0) is 6.92 Å². The molecule has 0 bridgehead atoms. The number of aliphatic hydroxyl groups is 2. The largest absolute Gasteiger partial charge is 0.394 e. The molecular weight excluding hydrogens is 226 g/mol. The van der Waals surface area contributed by atoms with Crippen LogP contribution in [0, 0.1) is 6.92 Å². The molecule has 1 aromatic rings. The molecule has 0 fully saturated rings. The van der Waals surface area contributed by atoms with Crippen molar-refractivity contribution in [2.45, 2.75) is 31.4 Å². The monoisotopic (exact) mass is 243 g/mol. The van der Waals surface area contributed by atoms with Crippen LogP contribution in [-0.4, -0.2) is 38.6 Å². The average molecular weight is 243 g/mol. The summed E-state index contributed by atoms with van der Waals surface area (Å²) in [5.74, 6) is 1.58. The van der Waals surface area contributed by atoms with Crippen molar-refractivity contribution >= 4 is 17.6 Å². The van der Waals surface area contributed by atoms with E-state index in [1.54, 1.807) is 0 Å². The number of nitrogens with zero attached hydrogens (tertiary/aromatic N) is 2. The molecule has 0 aromatic carbocycles. The lowest BCUT2D eigenvalue weighted by molar-refractivity contribution is 0.113. The number of rotatable bonds is 5. The van der Waals surface area contributed by atoms with Gasteiger partial charge in [0.25, 0.3) is 0 Å². The first-order valence-corrected chi connectivity index (χ1v) is 6.11. The number of nitrogen functional groups attached to an aromatic ring is 1. The van der Waals surface area contributed by atoms with E-state index in [0.29, 0.717) is 17.4 Å². The zero-order valence-electron chi connectivity index (χ0n) is 9.47. The van der Waals surface area contributed by atoms with E-state index in [4.69, 9.17) is 10.8 Å². The molecule has 0 saturated carbocycles. The molecule has 1 rings (SSSR count). The summed E-state index contributed by atoms with van der Waals surface area (Å²) in [6.07, 6.45) is -0.00805. The number of hydrogen-bond donors (Lipinski definition) is 3. The van der Waals surface area contributed by atoms with Crippen LogP contribution in [0.5, 0.6) is 0 Å². The molecule has 0 spiro atoms. The summed E-state index contributed by atoms with van der Waals surface area (Å²) in [6, 6.07) is 0. The molecule has 4 N–H and O–H groups in total. The Bertz CT molecular complexity index is 360. The summed E-state index contributed by atoms with van der Waals surface area (Å²) in [4.78, 5) is 8.48. The van der Waals surface area contributed by atoms with Crippen LogP contribution in [0.4, 0.5) is 5.82 Å². The van der Waals surface area contributed by atoms with Gasteiger partial charge in [-0.1, -0.05) is 6.92 Å². The van der Waals surface area contributed by atoms with Crippen molar-refractivity contribution in [2.24, 2.45) is 0 Å². The van der Waals surface area contributed by atoms with Gasteiger partial charge in [0.1, 0.15) is 16.7 Å². The second-order valence-corrected chi connectivity index (χ2v) is 4.46. The molecule has 90 valence electrons. The van der Waals surface area contributed by atoms with Gasteiger partial charge in [-0.25, -0.2) is 9.97 Å². The number of aliphatic hydroxyl groups excluding tert-OH is 2. The van der Waals surface area contributed by atoms with Gasteiger partial charge in [-0.2, -0.15) is 0 Å². The SMILES string of the molecule is CCc1nc(N)c(C)c(SCC(O)CO)n1. The van der Waals surface area contributed by atoms with Crippen LogP contribution in [0.2, 0.25) is 0 Å². The molecule has 0 aliphatic carbocycles. The number of anilines is 1. The third kappa shape index (κ3) is 3.33. The van der Waals surface area contributed by atoms with Gasteiger partial charge in [0.2, 0.25) is 0 Å². The molecule has 0 aliphatic heterocycles. The molecule has 6 heteroatoms. The highest BCUT2D eigenvalue weighted by Crippen LogP contribution is 2.24. The smallest absolute Gasteiger partial charge is 0.131 e. The molecule has 0 radical (unpaired) electrons. The van der Waals surface area contributed by atoms with Crippen LogP contribution in [0.25, 0.3) is 0 Å². The first-order valence-electron chi connectivity index (χ1n) is 5.13. The standard InChI is InChI=1S/C10H17N3O2S/c1-3-8-12-9(11)6(2)10(13-8)16-5-7(15)4-14/h7,14-15H,3-5H2,1-2H3,(H2,11,12,13). The van der Waals surface area contributed by atoms with E-state index >= 15 is 0 Å². The molecule has 0 aliphatic rings. The van der Waals surface area contributed by atoms with Crippen molar-refractivity contribution in [2.75, 3.05) is 18.1 Å². The number of aromatic nitrogens is 2. The quantitative estimate of drug-likeness (QED) is 0.511. The predicted molar refractivity (Wildman–Crippen MR) is 64.4 cm³/mol. The zero-order chi connectivity index (χ0) is 12.1. The minimum atomic E-state index is -0.731. The van der Waals surface area contributed by atoms with Crippen LogP contribution in [0.3, 0.4) is 0 Å². The Hall–Kier alpha value is -0.850. The Kier molecular flexibility index (Phi) is 4.98. The summed E-state index contributed by atoms with van der Waals surface area (Å²) >= 11 is 1.38. The Morgan fingerprint density at radius 2 is 2.12 bits per heavy atom. The normalized spacial score (nSPS) is 12.8. The zero-order valence-corrected chi connectivity index (χ0v) is 10.3. The van der Waals surface area contributed by atoms with E-state index in [-0.39, 0.29) is 6.61 Å². The van der Waals surface area contributed by atoms with Crippen LogP contribution in [0.1, 0.15) is 18.3 Å². The highest BCUT2D eigenvalue weighted by Gasteiger charge is 2.10. The fraction of sp³-hybridized carbons (Fsp3) is 0.600. The Morgan fingerprint density at radius 1 is 1.44 bits per heavy atom. The van der Waals surface area contributed by atoms with Gasteiger partial charge >= 0.3 is 0 Å². The van der Waals surface area contributed by atoms with Crippen LogP contribution in [-0.2, 0) is 6.42 Å². The van der Waals surface area contributed by atoms with Crippen molar-refractivity contribution < 1.29 is 10.2 Å². The van der Waals surface area contributed by atoms with E-state index < -0.39 is 6.10 Å². The van der Waals surface area contributed by atoms with Crippen molar-refractivity contribution in [3.8, 4) is 0 Å². The first kappa shape index (κ1) is 13.2. The first-order chi connectivity index (χ1) is 7.58. The summed E-state index contributed by atoms with van der Waals surface area (Å²) < 4.78 is 0. The fourth-order valence-electron chi connectivity index (χ4n) is 1.08. The van der Waals surface area contributed by atoms with Gasteiger partial charge in [0, 0.05) is 17.7 Å². The van der Waals surface area contributed by atoms with Crippen LogP contribution in [0.15, 0.2) is 5.03 Å². The fourth-order valence-corrected chi connectivity index (χ4v) is 2.03. The molecule has 16 heavy (non-hydrogen) atoms. The molecule has 5 nitrogen and oxygen atoms in total. The van der Waals surface area contributed by atoms with Crippen LogP contribution >= 0.6 is 11.8 Å². The van der Waals surface area contributed by atoms with Crippen molar-refractivity contribution in [3.05, 3.63) is 11.4 Å². The van der Waals surface area contributed by atoms with Gasteiger partial charge in [0.05, 0.1) is 12.7 Å². The van der Waals surface area contributed by atoms with Crippen molar-refractivity contribution in [1.29, 1.82) is 0 Å². The molecule has 1 unspecified atom stereocenters. The summed E-state index contributed by atoms with van der Waals surface area (Å²) in [6.45, 7) is 3.57. The maximum Gasteiger partial charge on any atom is 0.131 e. The lowest BCUT2D eigenvalue weighted by Gasteiger charge is -2.10. The Labute approximate surface area is 99.1 Å².